The maximum Gasteiger partial charge on any atom is 0.131 e. The molecule has 1 aromatic heterocycles. The molecule has 1 N–H and O–H groups in total. The molecule has 0 saturated heterocycles. The highest BCUT2D eigenvalue weighted by molar-refractivity contribution is 5.95. The van der Waals surface area contributed by atoms with E-state index < -0.39 is 0 Å². The van der Waals surface area contributed by atoms with Crippen LogP contribution in [0.4, 0.5) is 4.39 Å². The molecule has 0 radical (unpaired) electrons. The lowest BCUT2D eigenvalue weighted by Gasteiger charge is -2.09. The normalized spacial score (nSPS) is 10.9. The van der Waals surface area contributed by atoms with Crippen LogP contribution in [0.3, 0.4) is 0 Å². The maximum atomic E-state index is 14.2. The van der Waals surface area contributed by atoms with Gasteiger partial charge in [-0.15, -0.1) is 0 Å². The molecule has 3 rings (SSSR count). The summed E-state index contributed by atoms with van der Waals surface area (Å²) in [6, 6.07) is 13.1. The Morgan fingerprint density at radius 2 is 1.90 bits per heavy atom. The lowest BCUT2D eigenvalue weighted by molar-refractivity contribution is 0.630. The van der Waals surface area contributed by atoms with E-state index >= 15 is 0 Å². The second-order valence-corrected chi connectivity index (χ2v) is 4.75. The monoisotopic (exact) mass is 266 g/mol. The number of nitrogens with one attached hydrogen (secondary N) is 1. The van der Waals surface area contributed by atoms with Crippen LogP contribution in [0.15, 0.2) is 54.9 Å². The van der Waals surface area contributed by atoms with Crippen LogP contribution in [-0.4, -0.2) is 12.0 Å². The molecule has 2 aromatic carbocycles. The first kappa shape index (κ1) is 12.8. The number of fused-ring (bicyclic) bond motifs is 1. The molecule has 20 heavy (non-hydrogen) atoms. The summed E-state index contributed by atoms with van der Waals surface area (Å²) >= 11 is 0. The summed E-state index contributed by atoms with van der Waals surface area (Å²) in [5, 5.41) is 5.11. The summed E-state index contributed by atoms with van der Waals surface area (Å²) in [6.45, 7) is 0.714. The first-order valence-corrected chi connectivity index (χ1v) is 6.56. The van der Waals surface area contributed by atoms with E-state index in [-0.39, 0.29) is 5.82 Å². The summed E-state index contributed by atoms with van der Waals surface area (Å²) < 4.78 is 14.2. The molecule has 0 saturated carbocycles. The van der Waals surface area contributed by atoms with Gasteiger partial charge in [0.15, 0.2) is 0 Å². The van der Waals surface area contributed by atoms with Gasteiger partial charge in [-0.2, -0.15) is 0 Å². The average Bonchev–Trinajstić information content (AvgIpc) is 2.49. The Kier molecular flexibility index (Phi) is 3.44. The van der Waals surface area contributed by atoms with Gasteiger partial charge in [-0.1, -0.05) is 30.3 Å². The Bertz CT molecular complexity index is 748. The van der Waals surface area contributed by atoms with Crippen molar-refractivity contribution in [1.82, 2.24) is 10.3 Å². The van der Waals surface area contributed by atoms with Gasteiger partial charge in [0.05, 0.1) is 0 Å². The summed E-state index contributed by atoms with van der Waals surface area (Å²) in [6.07, 6.45) is 3.53. The number of nitrogens with zero attached hydrogens (tertiary/aromatic N) is 1. The lowest BCUT2D eigenvalue weighted by atomic mass is 9.99. The highest BCUT2D eigenvalue weighted by atomic mass is 19.1. The van der Waals surface area contributed by atoms with Gasteiger partial charge < -0.3 is 5.32 Å². The third-order valence-corrected chi connectivity index (χ3v) is 3.37. The quantitative estimate of drug-likeness (QED) is 0.780. The molecule has 0 fully saturated rings. The summed E-state index contributed by atoms with van der Waals surface area (Å²) in [5.74, 6) is -0.219. The summed E-state index contributed by atoms with van der Waals surface area (Å²) in [4.78, 5) is 4.22. The number of hydrogen-bond acceptors (Lipinski definition) is 2. The Labute approximate surface area is 117 Å². The molecule has 3 heteroatoms. The molecular formula is C17H15FN2. The average molecular weight is 266 g/mol. The van der Waals surface area contributed by atoms with Gasteiger partial charge >= 0.3 is 0 Å². The van der Waals surface area contributed by atoms with Gasteiger partial charge in [-0.25, -0.2) is 4.39 Å². The number of aromatic nitrogens is 1. The fraction of sp³-hybridized carbons (Fsp3) is 0.118. The third-order valence-electron chi connectivity index (χ3n) is 3.37. The van der Waals surface area contributed by atoms with Crippen molar-refractivity contribution in [2.24, 2.45) is 0 Å². The largest absolute Gasteiger partial charge is 0.316 e. The molecule has 0 amide bonds. The van der Waals surface area contributed by atoms with Gasteiger partial charge in [0.25, 0.3) is 0 Å². The van der Waals surface area contributed by atoms with E-state index in [4.69, 9.17) is 0 Å². The van der Waals surface area contributed by atoms with Gasteiger partial charge in [0.2, 0.25) is 0 Å². The first-order chi connectivity index (χ1) is 9.79. The zero-order valence-electron chi connectivity index (χ0n) is 11.2. The van der Waals surface area contributed by atoms with Crippen molar-refractivity contribution in [2.45, 2.75) is 6.54 Å². The molecule has 1 heterocycles. The molecule has 0 aliphatic carbocycles. The van der Waals surface area contributed by atoms with Crippen LogP contribution in [0, 0.1) is 5.82 Å². The van der Waals surface area contributed by atoms with E-state index in [1.54, 1.807) is 18.5 Å². The first-order valence-electron chi connectivity index (χ1n) is 6.56. The van der Waals surface area contributed by atoms with E-state index in [0.717, 1.165) is 21.9 Å². The van der Waals surface area contributed by atoms with Crippen molar-refractivity contribution in [1.29, 1.82) is 0 Å². The predicted molar refractivity (Wildman–Crippen MR) is 79.9 cm³/mol. The highest BCUT2D eigenvalue weighted by Gasteiger charge is 2.10. The smallest absolute Gasteiger partial charge is 0.131 e. The zero-order valence-corrected chi connectivity index (χ0v) is 11.2. The molecule has 0 aliphatic rings. The molecule has 0 bridgehead atoms. The Balaban J connectivity index is 2.22. The second kappa shape index (κ2) is 5.39. The molecule has 0 spiro atoms. The van der Waals surface area contributed by atoms with Crippen LogP contribution in [0.25, 0.3) is 21.9 Å². The van der Waals surface area contributed by atoms with E-state index in [1.807, 2.05) is 37.4 Å². The van der Waals surface area contributed by atoms with Crippen LogP contribution in [0.5, 0.6) is 0 Å². The molecule has 0 aliphatic heterocycles. The number of benzene rings is 2. The molecule has 3 aromatic rings. The van der Waals surface area contributed by atoms with E-state index in [0.29, 0.717) is 12.1 Å². The highest BCUT2D eigenvalue weighted by Crippen LogP contribution is 2.30. The maximum absolute atomic E-state index is 14.2. The van der Waals surface area contributed by atoms with Crippen LogP contribution < -0.4 is 5.32 Å². The van der Waals surface area contributed by atoms with Crippen molar-refractivity contribution in [3.8, 4) is 11.1 Å². The predicted octanol–water partition coefficient (Wildman–Crippen LogP) is 3.76. The molecular weight excluding hydrogens is 251 g/mol. The Hall–Kier alpha value is -2.26. The van der Waals surface area contributed by atoms with Crippen molar-refractivity contribution in [3.63, 3.8) is 0 Å². The third kappa shape index (κ3) is 2.28. The van der Waals surface area contributed by atoms with Gasteiger partial charge in [-0.05, 0) is 30.1 Å². The van der Waals surface area contributed by atoms with Crippen molar-refractivity contribution < 1.29 is 4.39 Å². The fourth-order valence-corrected chi connectivity index (χ4v) is 2.42. The topological polar surface area (TPSA) is 24.9 Å². The van der Waals surface area contributed by atoms with E-state index in [1.165, 1.54) is 6.07 Å². The standard InChI is InChI=1S/C17H15FN2/c1-19-9-12-6-7-17(18)15(8-12)16-11-20-10-13-4-2-3-5-14(13)16/h2-8,10-11,19H,9H2,1H3. The molecule has 0 unspecified atom stereocenters. The van der Waals surface area contributed by atoms with Gasteiger partial charge in [0, 0.05) is 35.5 Å². The Morgan fingerprint density at radius 3 is 2.75 bits per heavy atom. The molecule has 2 nitrogen and oxygen atoms in total. The van der Waals surface area contributed by atoms with Crippen LogP contribution in [-0.2, 0) is 6.54 Å². The van der Waals surface area contributed by atoms with Crippen molar-refractivity contribution in [2.75, 3.05) is 7.05 Å². The van der Waals surface area contributed by atoms with Crippen LogP contribution >= 0.6 is 0 Å². The summed E-state index contributed by atoms with van der Waals surface area (Å²) in [5.41, 5.74) is 2.48. The van der Waals surface area contributed by atoms with Crippen LogP contribution in [0.2, 0.25) is 0 Å². The SMILES string of the molecule is CNCc1ccc(F)c(-c2cncc3ccccc23)c1. The second-order valence-electron chi connectivity index (χ2n) is 4.75. The van der Waals surface area contributed by atoms with E-state index in [2.05, 4.69) is 10.3 Å². The molecule has 0 atom stereocenters. The van der Waals surface area contributed by atoms with Gasteiger partial charge in [0.1, 0.15) is 5.82 Å². The van der Waals surface area contributed by atoms with Crippen LogP contribution in [0.1, 0.15) is 5.56 Å². The minimum atomic E-state index is -0.219. The number of hydrogen-bond donors (Lipinski definition) is 1. The lowest BCUT2D eigenvalue weighted by Crippen LogP contribution is -2.05. The number of rotatable bonds is 3. The van der Waals surface area contributed by atoms with Gasteiger partial charge in [-0.3, -0.25) is 4.98 Å². The Morgan fingerprint density at radius 1 is 1.05 bits per heavy atom. The minimum Gasteiger partial charge on any atom is -0.316 e. The number of pyridine rings is 1. The fourth-order valence-electron chi connectivity index (χ4n) is 2.42. The summed E-state index contributed by atoms with van der Waals surface area (Å²) in [7, 11) is 1.88. The zero-order chi connectivity index (χ0) is 13.9. The van der Waals surface area contributed by atoms with Crippen molar-refractivity contribution in [3.05, 3.63) is 66.2 Å². The molecule has 100 valence electrons. The van der Waals surface area contributed by atoms with E-state index in [9.17, 15) is 4.39 Å². The van der Waals surface area contributed by atoms with Crippen molar-refractivity contribution >= 4 is 10.8 Å². The minimum absolute atomic E-state index is 0.219. The number of halogens is 1.